The first-order valence-corrected chi connectivity index (χ1v) is 19.2. The highest BCUT2D eigenvalue weighted by Crippen LogP contribution is 2.77. The van der Waals surface area contributed by atoms with E-state index in [1.807, 2.05) is 0 Å². The predicted molar refractivity (Wildman–Crippen MR) is 189 cm³/mol. The molecule has 4 saturated carbocycles. The highest BCUT2D eigenvalue weighted by Gasteiger charge is 2.70. The third-order valence-electron chi connectivity index (χ3n) is 15.4. The van der Waals surface area contributed by atoms with Gasteiger partial charge in [-0.2, -0.15) is 0 Å². The Morgan fingerprint density at radius 2 is 1.56 bits per heavy atom. The van der Waals surface area contributed by atoms with Crippen LogP contribution in [0.25, 0.3) is 0 Å². The number of carboxylic acid groups (broad SMARTS) is 1. The Hall–Kier alpha value is -1.73. The van der Waals surface area contributed by atoms with Gasteiger partial charge in [-0.05, 0) is 123 Å². The van der Waals surface area contributed by atoms with E-state index < -0.39 is 28.9 Å². The van der Waals surface area contributed by atoms with Crippen molar-refractivity contribution in [2.75, 3.05) is 13.1 Å². The number of hydrogen-bond acceptors (Lipinski definition) is 6. The van der Waals surface area contributed by atoms with Crippen molar-refractivity contribution in [2.24, 2.45) is 62.1 Å². The number of rotatable bonds is 10. The SMILES string of the molecule is CC(C)CNC[C@@H](O)[C@@]12CC[C@]3(C)[C@H](CCC4[C@@]5(C)CC[C@H](OC(=O)CC(C)(C)C(=O)O)C(C)(C)C5CC[C@]43C)C1=C(C(C)C)C(=O)C2. The van der Waals surface area contributed by atoms with E-state index in [0.29, 0.717) is 36.6 Å². The molecule has 9 atom stereocenters. The smallest absolute Gasteiger partial charge is 0.309 e. The number of aliphatic hydroxyl groups excluding tert-OH is 1. The second-order valence-corrected chi connectivity index (χ2v) is 19.6. The Kier molecular flexibility index (Phi) is 9.77. The van der Waals surface area contributed by atoms with E-state index in [2.05, 4.69) is 67.6 Å². The lowest BCUT2D eigenvalue weighted by atomic mass is 9.33. The zero-order valence-corrected chi connectivity index (χ0v) is 32.1. The Morgan fingerprint density at radius 1 is 0.896 bits per heavy atom. The van der Waals surface area contributed by atoms with E-state index in [1.54, 1.807) is 13.8 Å². The summed E-state index contributed by atoms with van der Waals surface area (Å²) in [7, 11) is 0. The van der Waals surface area contributed by atoms with Crippen molar-refractivity contribution in [3.05, 3.63) is 11.1 Å². The summed E-state index contributed by atoms with van der Waals surface area (Å²) in [6, 6.07) is 0. The standard InChI is InChI=1S/C41H67NO6/c1-24(2)22-42-23-30(44)41-19-18-39(10)26(34(41)33(25(3)4)27(43)20-41)12-13-29-38(9)16-15-31(48-32(45)21-36(5,6)35(46)47)37(7,8)28(38)14-17-40(29,39)11/h24-26,28-31,42,44H,12-23H2,1-11H3,(H,46,47)/t26-,28?,29?,30-,31+,38+,39-,40-,41+/m1/s1. The zero-order valence-electron chi connectivity index (χ0n) is 32.1. The minimum atomic E-state index is -1.15. The van der Waals surface area contributed by atoms with Crippen LogP contribution < -0.4 is 5.32 Å². The van der Waals surface area contributed by atoms with Crippen molar-refractivity contribution in [3.63, 3.8) is 0 Å². The van der Waals surface area contributed by atoms with E-state index in [1.165, 1.54) is 5.57 Å². The fourth-order valence-corrected chi connectivity index (χ4v) is 12.6. The summed E-state index contributed by atoms with van der Waals surface area (Å²) in [6.45, 7) is 25.4. The molecule has 7 heteroatoms. The average molecular weight is 670 g/mol. The number of ketones is 1. The molecule has 5 aliphatic carbocycles. The second kappa shape index (κ2) is 12.5. The first-order valence-electron chi connectivity index (χ1n) is 19.2. The molecule has 0 heterocycles. The van der Waals surface area contributed by atoms with Crippen LogP contribution in [0.4, 0.5) is 0 Å². The summed E-state index contributed by atoms with van der Waals surface area (Å²) in [5.74, 6) is 0.696. The van der Waals surface area contributed by atoms with E-state index in [0.717, 1.165) is 63.5 Å². The van der Waals surface area contributed by atoms with Crippen molar-refractivity contribution in [1.29, 1.82) is 0 Å². The van der Waals surface area contributed by atoms with Gasteiger partial charge in [0.05, 0.1) is 17.9 Å². The number of nitrogens with one attached hydrogen (secondary N) is 1. The van der Waals surface area contributed by atoms with Gasteiger partial charge >= 0.3 is 11.9 Å². The molecule has 0 aromatic rings. The van der Waals surface area contributed by atoms with Gasteiger partial charge in [0.25, 0.3) is 0 Å². The van der Waals surface area contributed by atoms with Crippen molar-refractivity contribution in [3.8, 4) is 0 Å². The van der Waals surface area contributed by atoms with Crippen LogP contribution in [0, 0.1) is 62.1 Å². The summed E-state index contributed by atoms with van der Waals surface area (Å²) in [5, 5.41) is 25.0. The summed E-state index contributed by atoms with van der Waals surface area (Å²) >= 11 is 0. The number of carboxylic acids is 1. The molecule has 0 saturated heterocycles. The molecule has 5 rings (SSSR count). The molecule has 3 N–H and O–H groups in total. The first-order chi connectivity index (χ1) is 22.1. The minimum Gasteiger partial charge on any atom is -0.481 e. The van der Waals surface area contributed by atoms with Crippen LogP contribution in [0.1, 0.15) is 140 Å². The number of esters is 1. The second-order valence-electron chi connectivity index (χ2n) is 19.6. The topological polar surface area (TPSA) is 113 Å². The maximum Gasteiger partial charge on any atom is 0.309 e. The molecule has 0 aromatic heterocycles. The Labute approximate surface area is 290 Å². The molecule has 0 bridgehead atoms. The number of allylic oxidation sites excluding steroid dienone is 1. The van der Waals surface area contributed by atoms with Gasteiger partial charge in [0.1, 0.15) is 6.10 Å². The number of carbonyl (C=O) groups is 3. The third kappa shape index (κ3) is 5.64. The first kappa shape index (κ1) is 37.5. The molecule has 4 fully saturated rings. The number of hydrogen-bond donors (Lipinski definition) is 3. The molecule has 0 amide bonds. The number of aliphatic carboxylic acids is 1. The lowest BCUT2D eigenvalue weighted by Gasteiger charge is -2.72. The van der Waals surface area contributed by atoms with Gasteiger partial charge in [0, 0.05) is 23.8 Å². The molecule has 5 aliphatic rings. The van der Waals surface area contributed by atoms with Gasteiger partial charge in [-0.15, -0.1) is 0 Å². The van der Waals surface area contributed by atoms with Crippen LogP contribution in [-0.2, 0) is 19.1 Å². The predicted octanol–water partition coefficient (Wildman–Crippen LogP) is 7.99. The summed E-state index contributed by atoms with van der Waals surface area (Å²) in [6.07, 6.45) is 7.52. The molecule has 0 radical (unpaired) electrons. The van der Waals surface area contributed by atoms with Gasteiger partial charge in [0.2, 0.25) is 0 Å². The van der Waals surface area contributed by atoms with Crippen LogP contribution in [0.2, 0.25) is 0 Å². The van der Waals surface area contributed by atoms with Crippen molar-refractivity contribution in [1.82, 2.24) is 5.32 Å². The van der Waals surface area contributed by atoms with Crippen molar-refractivity contribution in [2.45, 2.75) is 153 Å². The minimum absolute atomic E-state index is 0.0223. The fourth-order valence-electron chi connectivity index (χ4n) is 12.6. The van der Waals surface area contributed by atoms with Gasteiger partial charge in [-0.1, -0.05) is 67.9 Å². The van der Waals surface area contributed by atoms with Crippen LogP contribution in [0.5, 0.6) is 0 Å². The Bertz CT molecular complexity index is 1330. The highest BCUT2D eigenvalue weighted by molar-refractivity contribution is 6.00. The Morgan fingerprint density at radius 3 is 2.17 bits per heavy atom. The van der Waals surface area contributed by atoms with Crippen molar-refractivity contribution >= 4 is 17.7 Å². The van der Waals surface area contributed by atoms with Gasteiger partial charge < -0.3 is 20.3 Å². The monoisotopic (exact) mass is 669 g/mol. The van der Waals surface area contributed by atoms with E-state index >= 15 is 0 Å². The molecule has 48 heavy (non-hydrogen) atoms. The van der Waals surface area contributed by atoms with E-state index in [4.69, 9.17) is 4.74 Å². The van der Waals surface area contributed by atoms with Crippen LogP contribution in [0.3, 0.4) is 0 Å². The number of Topliss-reactive ketones (excluding diaryl/α,β-unsaturated/α-hetero) is 1. The molecule has 0 spiro atoms. The number of fused-ring (bicyclic) bond motifs is 7. The lowest BCUT2D eigenvalue weighted by Crippen LogP contribution is -2.66. The van der Waals surface area contributed by atoms with Gasteiger partial charge in [0.15, 0.2) is 5.78 Å². The van der Waals surface area contributed by atoms with Gasteiger partial charge in [-0.3, -0.25) is 14.4 Å². The van der Waals surface area contributed by atoms with E-state index in [9.17, 15) is 24.6 Å². The molecule has 272 valence electrons. The normalized spacial score (nSPS) is 39.8. The van der Waals surface area contributed by atoms with Crippen LogP contribution in [-0.4, -0.2) is 53.2 Å². The lowest BCUT2D eigenvalue weighted by molar-refractivity contribution is -0.235. The molecule has 2 unspecified atom stereocenters. The van der Waals surface area contributed by atoms with Crippen LogP contribution in [0.15, 0.2) is 11.1 Å². The third-order valence-corrected chi connectivity index (χ3v) is 15.4. The van der Waals surface area contributed by atoms with Crippen molar-refractivity contribution < 1.29 is 29.3 Å². The maximum absolute atomic E-state index is 13.9. The maximum atomic E-state index is 13.9. The average Bonchev–Trinajstić information content (AvgIpc) is 3.27. The zero-order chi connectivity index (χ0) is 35.8. The van der Waals surface area contributed by atoms with Gasteiger partial charge in [-0.25, -0.2) is 0 Å². The summed E-state index contributed by atoms with van der Waals surface area (Å²) in [4.78, 5) is 38.6. The number of carbonyl (C=O) groups excluding carboxylic acids is 2. The summed E-state index contributed by atoms with van der Waals surface area (Å²) in [5.41, 5.74) is 0.687. The Balaban J connectivity index is 1.44. The molecular formula is C41H67NO6. The summed E-state index contributed by atoms with van der Waals surface area (Å²) < 4.78 is 6.15. The number of ether oxygens (including phenoxy) is 1. The molecule has 0 aliphatic heterocycles. The molecular weight excluding hydrogens is 602 g/mol. The number of aliphatic hydroxyl groups is 1. The van der Waals surface area contributed by atoms with Crippen LogP contribution >= 0.6 is 0 Å². The van der Waals surface area contributed by atoms with E-state index in [-0.39, 0.29) is 45.9 Å². The fraction of sp³-hybridized carbons (Fsp3) is 0.878. The largest absolute Gasteiger partial charge is 0.481 e. The quantitative estimate of drug-likeness (QED) is 0.202. The highest BCUT2D eigenvalue weighted by atomic mass is 16.5. The molecule has 0 aromatic carbocycles. The molecule has 7 nitrogen and oxygen atoms in total.